The topological polar surface area (TPSA) is 16.1 Å². The number of rotatable bonds is 4. The van der Waals surface area contributed by atoms with E-state index in [1.807, 2.05) is 11.8 Å². The lowest BCUT2D eigenvalue weighted by Crippen LogP contribution is -2.48. The van der Waals surface area contributed by atoms with E-state index < -0.39 is 0 Å². The molecule has 0 saturated carbocycles. The summed E-state index contributed by atoms with van der Waals surface area (Å²) in [6, 6.07) is 6.85. The van der Waals surface area contributed by atoms with Gasteiger partial charge in [0.2, 0.25) is 0 Å². The van der Waals surface area contributed by atoms with Crippen LogP contribution in [-0.4, -0.2) is 30.1 Å². The highest BCUT2D eigenvalue weighted by atomic mass is 32.2. The molecule has 0 radical (unpaired) electrons. The third-order valence-corrected chi connectivity index (χ3v) is 5.18. The lowest BCUT2D eigenvalue weighted by molar-refractivity contribution is 0.456. The quantitative estimate of drug-likeness (QED) is 0.829. The van der Waals surface area contributed by atoms with E-state index in [0.717, 1.165) is 11.6 Å². The van der Waals surface area contributed by atoms with Crippen molar-refractivity contribution >= 4 is 28.2 Å². The van der Waals surface area contributed by atoms with Gasteiger partial charge in [0.15, 0.2) is 0 Å². The van der Waals surface area contributed by atoms with Crippen molar-refractivity contribution in [3.63, 3.8) is 0 Å². The van der Waals surface area contributed by atoms with Crippen LogP contribution in [0.1, 0.15) is 31.0 Å². The van der Waals surface area contributed by atoms with Gasteiger partial charge in [0.05, 0.1) is 0 Å². The number of anilines is 1. The number of aromatic nitrogens is 1. The summed E-state index contributed by atoms with van der Waals surface area (Å²) in [5.74, 6) is 2.66. The second-order valence-corrected chi connectivity index (χ2v) is 7.34. The molecule has 3 rings (SSSR count). The maximum atomic E-state index is 4.53. The molecule has 0 spiro atoms. The van der Waals surface area contributed by atoms with Gasteiger partial charge in [-0.1, -0.05) is 19.9 Å². The molecule has 3 heteroatoms. The summed E-state index contributed by atoms with van der Waals surface area (Å²) in [5, 5.41) is 2.69. The minimum absolute atomic E-state index is 0.545. The van der Waals surface area contributed by atoms with E-state index in [0.29, 0.717) is 5.92 Å². The van der Waals surface area contributed by atoms with Crippen LogP contribution < -0.4 is 4.90 Å². The Hall–Kier alpha value is -1.22. The minimum Gasteiger partial charge on any atom is -0.370 e. The maximum absolute atomic E-state index is 4.53. The van der Waals surface area contributed by atoms with Crippen molar-refractivity contribution in [3.05, 3.63) is 35.7 Å². The molecular weight excluding hydrogens is 276 g/mol. The first-order valence-corrected chi connectivity index (χ1v) is 9.12. The highest BCUT2D eigenvalue weighted by Gasteiger charge is 2.27. The van der Waals surface area contributed by atoms with Crippen molar-refractivity contribution in [1.82, 2.24) is 4.98 Å². The van der Waals surface area contributed by atoms with Crippen LogP contribution in [0.5, 0.6) is 0 Å². The molecule has 1 aromatic carbocycles. The highest BCUT2D eigenvalue weighted by Crippen LogP contribution is 2.36. The van der Waals surface area contributed by atoms with Crippen molar-refractivity contribution in [1.29, 1.82) is 0 Å². The van der Waals surface area contributed by atoms with E-state index in [2.05, 4.69) is 61.3 Å². The van der Waals surface area contributed by atoms with Gasteiger partial charge in [-0.15, -0.1) is 0 Å². The van der Waals surface area contributed by atoms with Crippen LogP contribution >= 0.6 is 11.8 Å². The summed E-state index contributed by atoms with van der Waals surface area (Å²) in [7, 11) is 0. The number of fused-ring (bicyclic) bond motifs is 1. The van der Waals surface area contributed by atoms with Gasteiger partial charge in [-0.05, 0) is 47.9 Å². The molecular formula is C18H24N2S. The first-order valence-electron chi connectivity index (χ1n) is 7.73. The molecule has 0 amide bonds. The van der Waals surface area contributed by atoms with Gasteiger partial charge >= 0.3 is 0 Å². The van der Waals surface area contributed by atoms with Crippen LogP contribution in [0.4, 0.5) is 5.69 Å². The molecule has 112 valence electrons. The van der Waals surface area contributed by atoms with Gasteiger partial charge in [-0.25, -0.2) is 0 Å². The lowest BCUT2D eigenvalue weighted by Gasteiger charge is -2.41. The zero-order valence-electron chi connectivity index (χ0n) is 13.4. The fourth-order valence-electron chi connectivity index (χ4n) is 3.24. The SMILES string of the molecule is CSCC1CN(c2ccc(C(C)C)c3cc(C)ncc23)C1. The molecule has 0 bridgehead atoms. The Bertz CT molecular complexity index is 645. The summed E-state index contributed by atoms with van der Waals surface area (Å²) in [4.78, 5) is 7.04. The Morgan fingerprint density at radius 2 is 2.05 bits per heavy atom. The van der Waals surface area contributed by atoms with Crippen LogP contribution in [0.15, 0.2) is 24.4 Å². The van der Waals surface area contributed by atoms with Gasteiger partial charge in [-0.3, -0.25) is 4.98 Å². The fourth-order valence-corrected chi connectivity index (χ4v) is 3.92. The first kappa shape index (κ1) is 14.7. The molecule has 1 aliphatic rings. The smallest absolute Gasteiger partial charge is 0.0461 e. The number of hydrogen-bond acceptors (Lipinski definition) is 3. The number of hydrogen-bond donors (Lipinski definition) is 0. The van der Waals surface area contributed by atoms with Gasteiger partial charge in [0.1, 0.15) is 0 Å². The average molecular weight is 300 g/mol. The van der Waals surface area contributed by atoms with Crippen LogP contribution in [0.25, 0.3) is 10.8 Å². The summed E-state index contributed by atoms with van der Waals surface area (Å²) >= 11 is 1.96. The van der Waals surface area contributed by atoms with Crippen LogP contribution in [-0.2, 0) is 0 Å². The largest absolute Gasteiger partial charge is 0.370 e. The maximum Gasteiger partial charge on any atom is 0.0461 e. The number of benzene rings is 1. The third kappa shape index (κ3) is 2.76. The molecule has 2 aromatic rings. The molecule has 0 unspecified atom stereocenters. The van der Waals surface area contributed by atoms with E-state index in [9.17, 15) is 0 Å². The van der Waals surface area contributed by atoms with Gasteiger partial charge in [-0.2, -0.15) is 11.8 Å². The Morgan fingerprint density at radius 3 is 2.71 bits per heavy atom. The monoisotopic (exact) mass is 300 g/mol. The minimum atomic E-state index is 0.545. The molecule has 2 nitrogen and oxygen atoms in total. The standard InChI is InChI=1S/C18H24N2S/c1-12(2)15-5-6-18(20-9-14(10-20)11-21-4)17-8-19-13(3)7-16(15)17/h5-8,12,14H,9-11H2,1-4H3. The molecule has 1 aromatic heterocycles. The molecule has 2 heterocycles. The molecule has 0 atom stereocenters. The molecule has 1 aliphatic heterocycles. The summed E-state index contributed by atoms with van der Waals surface area (Å²) in [5.41, 5.74) is 3.89. The molecule has 0 N–H and O–H groups in total. The number of pyridine rings is 1. The zero-order valence-corrected chi connectivity index (χ0v) is 14.2. The van der Waals surface area contributed by atoms with Crippen molar-refractivity contribution in [2.24, 2.45) is 5.92 Å². The predicted molar refractivity (Wildman–Crippen MR) is 94.7 cm³/mol. The molecule has 0 aliphatic carbocycles. The predicted octanol–water partition coefficient (Wildman–Crippen LogP) is 4.47. The van der Waals surface area contributed by atoms with Crippen LogP contribution in [0.3, 0.4) is 0 Å². The Balaban J connectivity index is 1.99. The zero-order chi connectivity index (χ0) is 15.0. The Labute approximate surface area is 131 Å². The van der Waals surface area contributed by atoms with Crippen molar-refractivity contribution < 1.29 is 0 Å². The number of nitrogens with zero attached hydrogens (tertiary/aromatic N) is 2. The second kappa shape index (κ2) is 5.88. The molecule has 21 heavy (non-hydrogen) atoms. The van der Waals surface area contributed by atoms with Crippen molar-refractivity contribution in [2.75, 3.05) is 30.0 Å². The summed E-state index contributed by atoms with van der Waals surface area (Å²) in [6.07, 6.45) is 4.26. The van der Waals surface area contributed by atoms with E-state index in [4.69, 9.17) is 0 Å². The third-order valence-electron chi connectivity index (χ3n) is 4.37. The van der Waals surface area contributed by atoms with E-state index in [1.54, 1.807) is 0 Å². The Kier molecular flexibility index (Phi) is 4.12. The second-order valence-electron chi connectivity index (χ2n) is 6.43. The number of aryl methyl sites for hydroxylation is 1. The fraction of sp³-hybridized carbons (Fsp3) is 0.500. The van der Waals surface area contributed by atoms with E-state index in [-0.39, 0.29) is 0 Å². The summed E-state index contributed by atoms with van der Waals surface area (Å²) < 4.78 is 0. The highest BCUT2D eigenvalue weighted by molar-refractivity contribution is 7.98. The number of thioether (sulfide) groups is 1. The van der Waals surface area contributed by atoms with Crippen molar-refractivity contribution in [3.8, 4) is 0 Å². The van der Waals surface area contributed by atoms with Gasteiger partial charge < -0.3 is 4.90 Å². The average Bonchev–Trinajstić information content (AvgIpc) is 2.41. The molecule has 1 fully saturated rings. The first-order chi connectivity index (χ1) is 10.1. The van der Waals surface area contributed by atoms with Gasteiger partial charge in [0, 0.05) is 42.0 Å². The van der Waals surface area contributed by atoms with E-state index >= 15 is 0 Å². The Morgan fingerprint density at radius 1 is 1.29 bits per heavy atom. The molecule has 1 saturated heterocycles. The van der Waals surface area contributed by atoms with Crippen LogP contribution in [0, 0.1) is 12.8 Å². The summed E-state index contributed by atoms with van der Waals surface area (Å²) in [6.45, 7) is 8.98. The van der Waals surface area contributed by atoms with Gasteiger partial charge in [0.25, 0.3) is 0 Å². The van der Waals surface area contributed by atoms with Crippen LogP contribution in [0.2, 0.25) is 0 Å². The normalized spacial score (nSPS) is 15.8. The van der Waals surface area contributed by atoms with Crippen molar-refractivity contribution in [2.45, 2.75) is 26.7 Å². The van der Waals surface area contributed by atoms with E-state index in [1.165, 1.54) is 40.9 Å². The lowest BCUT2D eigenvalue weighted by atomic mass is 9.93.